The van der Waals surface area contributed by atoms with E-state index in [0.29, 0.717) is 5.75 Å². The van der Waals surface area contributed by atoms with E-state index in [1.165, 1.54) is 0 Å². The minimum atomic E-state index is -0.719. The molecule has 0 amide bonds. The van der Waals surface area contributed by atoms with Crippen molar-refractivity contribution in [2.24, 2.45) is 0 Å². The summed E-state index contributed by atoms with van der Waals surface area (Å²) in [7, 11) is -0.719. The Morgan fingerprint density at radius 1 is 1.53 bits per heavy atom. The van der Waals surface area contributed by atoms with E-state index < -0.39 is 10.8 Å². The summed E-state index contributed by atoms with van der Waals surface area (Å²) in [6.45, 7) is 6.75. The number of hydrogen-bond acceptors (Lipinski definition) is 3. The van der Waals surface area contributed by atoms with Crippen LogP contribution < -0.4 is 5.32 Å². The van der Waals surface area contributed by atoms with Gasteiger partial charge in [-0.05, 0) is 26.8 Å². The van der Waals surface area contributed by atoms with Crippen LogP contribution in [-0.4, -0.2) is 21.8 Å². The first kappa shape index (κ1) is 10.9. The van der Waals surface area contributed by atoms with Crippen molar-refractivity contribution in [1.82, 2.24) is 5.32 Å². The summed E-state index contributed by atoms with van der Waals surface area (Å²) in [5.41, 5.74) is 1.16. The molecule has 3 unspecified atom stereocenters. The van der Waals surface area contributed by atoms with Gasteiger partial charge in [-0.15, -0.1) is 0 Å². The van der Waals surface area contributed by atoms with E-state index in [4.69, 9.17) is 4.42 Å². The summed E-state index contributed by atoms with van der Waals surface area (Å²) in [4.78, 5) is 0. The zero-order chi connectivity index (χ0) is 11.0. The van der Waals surface area contributed by atoms with E-state index >= 15 is 0 Å². The van der Waals surface area contributed by atoms with Crippen molar-refractivity contribution in [1.29, 1.82) is 0 Å². The zero-order valence-corrected chi connectivity index (χ0v) is 10.2. The van der Waals surface area contributed by atoms with Crippen LogP contribution in [0.1, 0.15) is 30.0 Å². The SMILES string of the molecule is Cc1cc(C2CS(=O)C(C)CN2)c(C)o1. The van der Waals surface area contributed by atoms with Crippen LogP contribution in [0.3, 0.4) is 0 Å². The standard InChI is InChI=1S/C11H17NO2S/c1-7-4-10(9(3)14-7)11-6-15(13)8(2)5-12-11/h4,8,11-12H,5-6H2,1-3H3. The second kappa shape index (κ2) is 4.10. The number of furan rings is 1. The highest BCUT2D eigenvalue weighted by molar-refractivity contribution is 7.85. The Hall–Kier alpha value is -0.610. The number of hydrogen-bond donors (Lipinski definition) is 1. The van der Waals surface area contributed by atoms with Crippen LogP contribution in [0.25, 0.3) is 0 Å². The van der Waals surface area contributed by atoms with Crippen LogP contribution in [-0.2, 0) is 10.8 Å². The molecular formula is C11H17NO2S. The second-order valence-corrected chi connectivity index (χ2v) is 6.09. The number of rotatable bonds is 1. The fourth-order valence-corrected chi connectivity index (χ4v) is 3.22. The average molecular weight is 227 g/mol. The van der Waals surface area contributed by atoms with Crippen molar-refractivity contribution in [3.8, 4) is 0 Å². The maximum Gasteiger partial charge on any atom is 0.105 e. The predicted octanol–water partition coefficient (Wildman–Crippen LogP) is 1.68. The second-order valence-electron chi connectivity index (χ2n) is 4.19. The van der Waals surface area contributed by atoms with Gasteiger partial charge in [0.1, 0.15) is 11.5 Å². The summed E-state index contributed by atoms with van der Waals surface area (Å²) in [5.74, 6) is 2.56. The van der Waals surface area contributed by atoms with E-state index in [2.05, 4.69) is 5.32 Å². The Labute approximate surface area is 92.7 Å². The smallest absolute Gasteiger partial charge is 0.105 e. The topological polar surface area (TPSA) is 42.2 Å². The van der Waals surface area contributed by atoms with Gasteiger partial charge in [0.15, 0.2) is 0 Å². The van der Waals surface area contributed by atoms with Gasteiger partial charge in [0, 0.05) is 40.0 Å². The maximum absolute atomic E-state index is 11.7. The van der Waals surface area contributed by atoms with Crippen LogP contribution in [0.15, 0.2) is 10.5 Å². The molecule has 2 heterocycles. The summed E-state index contributed by atoms with van der Waals surface area (Å²) >= 11 is 0. The molecule has 0 aromatic carbocycles. The highest BCUT2D eigenvalue weighted by atomic mass is 32.2. The Morgan fingerprint density at radius 3 is 2.80 bits per heavy atom. The normalized spacial score (nSPS) is 31.8. The number of nitrogens with one attached hydrogen (secondary N) is 1. The molecule has 1 saturated heterocycles. The molecule has 2 rings (SSSR count). The van der Waals surface area contributed by atoms with Crippen molar-refractivity contribution in [2.75, 3.05) is 12.3 Å². The number of aryl methyl sites for hydroxylation is 2. The van der Waals surface area contributed by atoms with Crippen LogP contribution >= 0.6 is 0 Å². The molecule has 4 heteroatoms. The van der Waals surface area contributed by atoms with Crippen molar-refractivity contribution in [3.05, 3.63) is 23.2 Å². The van der Waals surface area contributed by atoms with Crippen LogP contribution in [0.2, 0.25) is 0 Å². The molecule has 0 spiro atoms. The van der Waals surface area contributed by atoms with Crippen LogP contribution in [0.5, 0.6) is 0 Å². The third-order valence-electron chi connectivity index (χ3n) is 2.89. The molecule has 0 aliphatic carbocycles. The van der Waals surface area contributed by atoms with E-state index in [1.54, 1.807) is 0 Å². The van der Waals surface area contributed by atoms with Crippen molar-refractivity contribution < 1.29 is 8.63 Å². The van der Waals surface area contributed by atoms with E-state index in [1.807, 2.05) is 26.8 Å². The van der Waals surface area contributed by atoms with Gasteiger partial charge in [0.05, 0.1) is 0 Å². The first-order valence-electron chi connectivity index (χ1n) is 5.25. The highest BCUT2D eigenvalue weighted by Crippen LogP contribution is 2.25. The third kappa shape index (κ3) is 2.16. The van der Waals surface area contributed by atoms with Gasteiger partial charge in [0.25, 0.3) is 0 Å². The minimum Gasteiger partial charge on any atom is -0.466 e. The van der Waals surface area contributed by atoms with E-state index in [0.717, 1.165) is 23.6 Å². The lowest BCUT2D eigenvalue weighted by Crippen LogP contribution is -2.41. The lowest BCUT2D eigenvalue weighted by Gasteiger charge is -2.27. The maximum atomic E-state index is 11.7. The van der Waals surface area contributed by atoms with Gasteiger partial charge in [-0.25, -0.2) is 0 Å². The quantitative estimate of drug-likeness (QED) is 0.793. The molecule has 1 aromatic heterocycles. The first-order chi connectivity index (χ1) is 7.08. The molecule has 0 bridgehead atoms. The highest BCUT2D eigenvalue weighted by Gasteiger charge is 2.26. The molecule has 84 valence electrons. The first-order valence-corrected chi connectivity index (χ1v) is 6.63. The van der Waals surface area contributed by atoms with E-state index in [-0.39, 0.29) is 11.3 Å². The molecule has 1 aliphatic heterocycles. The van der Waals surface area contributed by atoms with Crippen molar-refractivity contribution in [2.45, 2.75) is 32.1 Å². The lowest BCUT2D eigenvalue weighted by molar-refractivity contribution is 0.486. The average Bonchev–Trinajstić information content (AvgIpc) is 2.50. The molecule has 1 fully saturated rings. The Balaban J connectivity index is 2.18. The largest absolute Gasteiger partial charge is 0.466 e. The molecule has 1 aromatic rings. The van der Waals surface area contributed by atoms with Crippen molar-refractivity contribution in [3.63, 3.8) is 0 Å². The molecule has 0 saturated carbocycles. The van der Waals surface area contributed by atoms with Crippen LogP contribution in [0, 0.1) is 13.8 Å². The fourth-order valence-electron chi connectivity index (χ4n) is 1.98. The molecule has 1 N–H and O–H groups in total. The molecule has 3 nitrogen and oxygen atoms in total. The van der Waals surface area contributed by atoms with Gasteiger partial charge >= 0.3 is 0 Å². The van der Waals surface area contributed by atoms with Gasteiger partial charge < -0.3 is 9.73 Å². The molecular weight excluding hydrogens is 210 g/mol. The van der Waals surface area contributed by atoms with Gasteiger partial charge in [-0.2, -0.15) is 0 Å². The predicted molar refractivity (Wildman–Crippen MR) is 61.4 cm³/mol. The molecule has 15 heavy (non-hydrogen) atoms. The Morgan fingerprint density at radius 2 is 2.27 bits per heavy atom. The molecule has 3 atom stereocenters. The third-order valence-corrected chi connectivity index (χ3v) is 4.61. The summed E-state index contributed by atoms with van der Waals surface area (Å²) in [6.07, 6.45) is 0. The van der Waals surface area contributed by atoms with Gasteiger partial charge in [-0.1, -0.05) is 0 Å². The summed E-state index contributed by atoms with van der Waals surface area (Å²) in [6, 6.07) is 2.24. The van der Waals surface area contributed by atoms with Crippen LogP contribution in [0.4, 0.5) is 0 Å². The molecule has 1 aliphatic rings. The van der Waals surface area contributed by atoms with Gasteiger partial charge in [-0.3, -0.25) is 4.21 Å². The summed E-state index contributed by atoms with van der Waals surface area (Å²) < 4.78 is 17.2. The Kier molecular flexibility index (Phi) is 2.98. The fraction of sp³-hybridized carbons (Fsp3) is 0.636. The van der Waals surface area contributed by atoms with Crippen molar-refractivity contribution >= 4 is 10.8 Å². The lowest BCUT2D eigenvalue weighted by atomic mass is 10.1. The minimum absolute atomic E-state index is 0.194. The molecule has 0 radical (unpaired) electrons. The van der Waals surface area contributed by atoms with Gasteiger partial charge in [0.2, 0.25) is 0 Å². The monoisotopic (exact) mass is 227 g/mol. The van der Waals surface area contributed by atoms with E-state index in [9.17, 15) is 4.21 Å². The zero-order valence-electron chi connectivity index (χ0n) is 9.37. The Bertz CT molecular complexity index is 386. The summed E-state index contributed by atoms with van der Waals surface area (Å²) in [5, 5.41) is 3.68.